The highest BCUT2D eigenvalue weighted by atomic mass is 16.5. The molecule has 0 unspecified atom stereocenters. The zero-order valence-electron chi connectivity index (χ0n) is 17.4. The molecule has 4 rings (SSSR count). The average Bonchev–Trinajstić information content (AvgIpc) is 3.19. The van der Waals surface area contributed by atoms with Crippen LogP contribution in [0.1, 0.15) is 23.6 Å². The van der Waals surface area contributed by atoms with Gasteiger partial charge in [0.15, 0.2) is 5.82 Å². The lowest BCUT2D eigenvalue weighted by Crippen LogP contribution is -2.44. The lowest BCUT2D eigenvalue weighted by molar-refractivity contribution is -0.120. The summed E-state index contributed by atoms with van der Waals surface area (Å²) in [4.78, 5) is 12.4. The first-order chi connectivity index (χ1) is 15.0. The molecule has 1 aliphatic rings. The first-order valence-corrected chi connectivity index (χ1v) is 10.1. The summed E-state index contributed by atoms with van der Waals surface area (Å²) in [7, 11) is 0. The van der Waals surface area contributed by atoms with Crippen molar-refractivity contribution in [1.29, 1.82) is 5.26 Å². The number of nitriles is 1. The molecule has 1 aliphatic heterocycles. The molecular formula is C24H24N4O3. The van der Waals surface area contributed by atoms with Gasteiger partial charge in [-0.2, -0.15) is 10.4 Å². The molecule has 2 aromatic carbocycles. The molecule has 0 bridgehead atoms. The van der Waals surface area contributed by atoms with Crippen molar-refractivity contribution < 1.29 is 14.3 Å². The van der Waals surface area contributed by atoms with E-state index in [2.05, 4.69) is 23.4 Å². The van der Waals surface area contributed by atoms with Crippen LogP contribution in [0.25, 0.3) is 0 Å². The lowest BCUT2D eigenvalue weighted by Gasteiger charge is -2.37. The third-order valence-corrected chi connectivity index (χ3v) is 5.11. The van der Waals surface area contributed by atoms with E-state index in [1.165, 1.54) is 0 Å². The Hall–Kier alpha value is -3.63. The summed E-state index contributed by atoms with van der Waals surface area (Å²) in [6, 6.07) is 18.8. The second-order valence-electron chi connectivity index (χ2n) is 8.17. The van der Waals surface area contributed by atoms with Crippen molar-refractivity contribution in [3.63, 3.8) is 0 Å². The minimum Gasteiger partial charge on any atom is -0.493 e. The number of hydrogen-bond acceptors (Lipinski definition) is 5. The standard InChI is InChI=1S/C24H24N4O3/c1-24(15-30-16-24)17-31-21-8-6-18(7-9-21)12-23(29)26-22-10-11-28(27-22)14-20-4-2-19(13-25)3-5-20/h2-11H,12,14-17H2,1H3,(H,26,27,29). The molecule has 1 amide bonds. The fourth-order valence-corrected chi connectivity index (χ4v) is 3.26. The number of carbonyl (C=O) groups is 1. The molecule has 158 valence electrons. The summed E-state index contributed by atoms with van der Waals surface area (Å²) in [6.07, 6.45) is 2.07. The second kappa shape index (κ2) is 9.02. The highest BCUT2D eigenvalue weighted by Gasteiger charge is 2.34. The Morgan fingerprint density at radius 3 is 2.52 bits per heavy atom. The van der Waals surface area contributed by atoms with Crippen LogP contribution in [0.3, 0.4) is 0 Å². The number of nitrogens with one attached hydrogen (secondary N) is 1. The topological polar surface area (TPSA) is 89.2 Å². The Morgan fingerprint density at radius 2 is 1.87 bits per heavy atom. The highest BCUT2D eigenvalue weighted by Crippen LogP contribution is 2.27. The van der Waals surface area contributed by atoms with Gasteiger partial charge in [0.25, 0.3) is 0 Å². The van der Waals surface area contributed by atoms with Crippen molar-refractivity contribution in [1.82, 2.24) is 9.78 Å². The number of anilines is 1. The van der Waals surface area contributed by atoms with E-state index in [-0.39, 0.29) is 17.7 Å². The molecule has 1 N–H and O–H groups in total. The lowest BCUT2D eigenvalue weighted by atomic mass is 9.90. The van der Waals surface area contributed by atoms with Gasteiger partial charge < -0.3 is 14.8 Å². The Kier molecular flexibility index (Phi) is 6.01. The quantitative estimate of drug-likeness (QED) is 0.608. The van der Waals surface area contributed by atoms with E-state index < -0.39 is 0 Å². The maximum absolute atomic E-state index is 12.4. The Morgan fingerprint density at radius 1 is 1.16 bits per heavy atom. The third kappa shape index (κ3) is 5.50. The van der Waals surface area contributed by atoms with Crippen LogP contribution >= 0.6 is 0 Å². The number of nitrogens with zero attached hydrogens (tertiary/aromatic N) is 3. The van der Waals surface area contributed by atoms with Crippen molar-refractivity contribution >= 4 is 11.7 Å². The summed E-state index contributed by atoms with van der Waals surface area (Å²) in [5.74, 6) is 1.17. The van der Waals surface area contributed by atoms with Gasteiger partial charge in [0.1, 0.15) is 5.75 Å². The van der Waals surface area contributed by atoms with E-state index in [4.69, 9.17) is 14.7 Å². The molecule has 0 atom stereocenters. The van der Waals surface area contributed by atoms with Crippen molar-refractivity contribution in [3.8, 4) is 11.8 Å². The highest BCUT2D eigenvalue weighted by molar-refractivity contribution is 5.91. The van der Waals surface area contributed by atoms with Gasteiger partial charge in [0, 0.05) is 17.7 Å². The smallest absolute Gasteiger partial charge is 0.229 e. The Labute approximate surface area is 181 Å². The summed E-state index contributed by atoms with van der Waals surface area (Å²) in [6.45, 7) is 4.79. The van der Waals surface area contributed by atoms with Crippen molar-refractivity contribution in [3.05, 3.63) is 77.5 Å². The monoisotopic (exact) mass is 416 g/mol. The van der Waals surface area contributed by atoms with E-state index in [9.17, 15) is 4.79 Å². The minimum absolute atomic E-state index is 0.0993. The molecule has 1 aromatic heterocycles. The van der Waals surface area contributed by atoms with E-state index in [0.29, 0.717) is 24.5 Å². The van der Waals surface area contributed by atoms with Gasteiger partial charge in [-0.15, -0.1) is 0 Å². The van der Waals surface area contributed by atoms with Crippen LogP contribution in [0.15, 0.2) is 60.8 Å². The molecule has 7 heteroatoms. The third-order valence-electron chi connectivity index (χ3n) is 5.11. The summed E-state index contributed by atoms with van der Waals surface area (Å²) < 4.78 is 12.8. The van der Waals surface area contributed by atoms with Gasteiger partial charge in [0.05, 0.1) is 44.4 Å². The van der Waals surface area contributed by atoms with Crippen LogP contribution in [0.5, 0.6) is 5.75 Å². The predicted molar refractivity (Wildman–Crippen MR) is 116 cm³/mol. The molecular weight excluding hydrogens is 392 g/mol. The molecule has 31 heavy (non-hydrogen) atoms. The fourth-order valence-electron chi connectivity index (χ4n) is 3.26. The largest absolute Gasteiger partial charge is 0.493 e. The zero-order valence-corrected chi connectivity index (χ0v) is 17.4. The first kappa shape index (κ1) is 20.6. The van der Waals surface area contributed by atoms with Gasteiger partial charge in [-0.3, -0.25) is 9.48 Å². The summed E-state index contributed by atoms with van der Waals surface area (Å²) in [5, 5.41) is 16.1. The molecule has 1 saturated heterocycles. The molecule has 1 fully saturated rings. The van der Waals surface area contributed by atoms with Crippen LogP contribution < -0.4 is 10.1 Å². The Balaban J connectivity index is 1.26. The first-order valence-electron chi connectivity index (χ1n) is 10.1. The number of rotatable bonds is 8. The van der Waals surface area contributed by atoms with Crippen molar-refractivity contribution in [2.45, 2.75) is 19.9 Å². The SMILES string of the molecule is CC1(COc2ccc(CC(=O)Nc3ccn(Cc4ccc(C#N)cc4)n3)cc2)COC1. The maximum Gasteiger partial charge on any atom is 0.229 e. The molecule has 2 heterocycles. The van der Waals surface area contributed by atoms with Crippen LogP contribution in [0.4, 0.5) is 5.82 Å². The summed E-state index contributed by atoms with van der Waals surface area (Å²) in [5.41, 5.74) is 2.65. The van der Waals surface area contributed by atoms with Crippen molar-refractivity contribution in [2.75, 3.05) is 25.1 Å². The minimum atomic E-state index is -0.128. The number of aromatic nitrogens is 2. The van der Waals surface area contributed by atoms with Crippen LogP contribution in [-0.2, 0) is 22.5 Å². The number of ether oxygens (including phenoxy) is 2. The number of carbonyl (C=O) groups excluding carboxylic acids is 1. The number of amides is 1. The van der Waals surface area contributed by atoms with E-state index in [0.717, 1.165) is 30.1 Å². The van der Waals surface area contributed by atoms with E-state index in [1.807, 2.05) is 42.6 Å². The molecule has 0 radical (unpaired) electrons. The number of benzene rings is 2. The van der Waals surface area contributed by atoms with E-state index >= 15 is 0 Å². The van der Waals surface area contributed by atoms with Gasteiger partial charge in [-0.05, 0) is 35.4 Å². The summed E-state index contributed by atoms with van der Waals surface area (Å²) >= 11 is 0. The average molecular weight is 416 g/mol. The fraction of sp³-hybridized carbons (Fsp3) is 0.292. The molecule has 7 nitrogen and oxygen atoms in total. The molecule has 0 aliphatic carbocycles. The van der Waals surface area contributed by atoms with Gasteiger partial charge in [-0.1, -0.05) is 31.2 Å². The maximum atomic E-state index is 12.4. The van der Waals surface area contributed by atoms with Crippen LogP contribution in [0, 0.1) is 16.7 Å². The van der Waals surface area contributed by atoms with E-state index in [1.54, 1.807) is 22.9 Å². The molecule has 3 aromatic rings. The van der Waals surface area contributed by atoms with Crippen molar-refractivity contribution in [2.24, 2.45) is 5.41 Å². The normalized spacial score (nSPS) is 14.3. The van der Waals surface area contributed by atoms with Gasteiger partial charge in [0.2, 0.25) is 5.91 Å². The van der Waals surface area contributed by atoms with Gasteiger partial charge >= 0.3 is 0 Å². The zero-order chi connectivity index (χ0) is 21.7. The molecule has 0 spiro atoms. The second-order valence-corrected chi connectivity index (χ2v) is 8.17. The van der Waals surface area contributed by atoms with Gasteiger partial charge in [-0.25, -0.2) is 0 Å². The molecule has 0 saturated carbocycles. The predicted octanol–water partition coefficient (Wildman–Crippen LogP) is 3.40. The Bertz CT molecular complexity index is 1080. The number of hydrogen-bond donors (Lipinski definition) is 1. The van der Waals surface area contributed by atoms with Crippen LogP contribution in [0.2, 0.25) is 0 Å². The van der Waals surface area contributed by atoms with Crippen LogP contribution in [-0.4, -0.2) is 35.5 Å².